The highest BCUT2D eigenvalue weighted by molar-refractivity contribution is 4.83. The van der Waals surface area contributed by atoms with Crippen LogP contribution in [0.3, 0.4) is 0 Å². The highest BCUT2D eigenvalue weighted by Crippen LogP contribution is 2.30. The van der Waals surface area contributed by atoms with Crippen molar-refractivity contribution in [1.82, 2.24) is 5.32 Å². The summed E-state index contributed by atoms with van der Waals surface area (Å²) in [6, 6.07) is 0.866. The molecule has 1 heteroatoms. The lowest BCUT2D eigenvalue weighted by molar-refractivity contribution is 0.320. The van der Waals surface area contributed by atoms with Gasteiger partial charge in [0, 0.05) is 6.04 Å². The summed E-state index contributed by atoms with van der Waals surface area (Å²) in [6.45, 7) is 3.73. The van der Waals surface area contributed by atoms with Gasteiger partial charge in [-0.05, 0) is 44.1 Å². The van der Waals surface area contributed by atoms with E-state index in [1.165, 1.54) is 38.6 Å². The van der Waals surface area contributed by atoms with Crippen LogP contribution < -0.4 is 5.32 Å². The van der Waals surface area contributed by atoms with E-state index in [2.05, 4.69) is 12.2 Å². The van der Waals surface area contributed by atoms with Crippen LogP contribution in [0.25, 0.3) is 0 Å². The van der Waals surface area contributed by atoms with Gasteiger partial charge in [-0.3, -0.25) is 0 Å². The molecule has 0 aliphatic carbocycles. The maximum absolute atomic E-state index is 3.67. The molecule has 2 saturated heterocycles. The van der Waals surface area contributed by atoms with Gasteiger partial charge in [0.15, 0.2) is 0 Å². The zero-order valence-corrected chi connectivity index (χ0v) is 7.47. The fraction of sp³-hybridized carbons (Fsp3) is 1.00. The maximum Gasteiger partial charge on any atom is 0.00672 e. The molecule has 0 amide bonds. The van der Waals surface area contributed by atoms with Crippen LogP contribution in [-0.4, -0.2) is 12.6 Å². The van der Waals surface area contributed by atoms with Crippen LogP contribution in [0.1, 0.15) is 39.0 Å². The van der Waals surface area contributed by atoms with Gasteiger partial charge in [-0.2, -0.15) is 0 Å². The van der Waals surface area contributed by atoms with Crippen molar-refractivity contribution in [2.45, 2.75) is 45.1 Å². The Morgan fingerprint density at radius 2 is 2.00 bits per heavy atom. The molecule has 2 fully saturated rings. The van der Waals surface area contributed by atoms with Crippen molar-refractivity contribution in [2.24, 2.45) is 11.8 Å². The molecule has 3 atom stereocenters. The van der Waals surface area contributed by atoms with E-state index >= 15 is 0 Å². The summed E-state index contributed by atoms with van der Waals surface area (Å²) in [6.07, 6.45) is 7.26. The minimum absolute atomic E-state index is 0.866. The molecule has 0 spiro atoms. The van der Waals surface area contributed by atoms with Crippen LogP contribution in [0.5, 0.6) is 0 Å². The van der Waals surface area contributed by atoms with E-state index in [1.807, 2.05) is 0 Å². The van der Waals surface area contributed by atoms with Gasteiger partial charge in [0.05, 0.1) is 0 Å². The molecule has 1 N–H and O–H groups in total. The van der Waals surface area contributed by atoms with E-state index in [0.717, 1.165) is 17.9 Å². The Morgan fingerprint density at radius 1 is 1.09 bits per heavy atom. The van der Waals surface area contributed by atoms with Gasteiger partial charge in [-0.15, -0.1) is 0 Å². The van der Waals surface area contributed by atoms with Gasteiger partial charge >= 0.3 is 0 Å². The number of fused-ring (bicyclic) bond motifs is 3. The van der Waals surface area contributed by atoms with Gasteiger partial charge < -0.3 is 5.32 Å². The number of hydrogen-bond acceptors (Lipinski definition) is 1. The minimum Gasteiger partial charge on any atom is -0.314 e. The van der Waals surface area contributed by atoms with E-state index in [0.29, 0.717) is 0 Å². The van der Waals surface area contributed by atoms with Crippen molar-refractivity contribution in [3.63, 3.8) is 0 Å². The molecule has 64 valence electrons. The van der Waals surface area contributed by atoms with Crippen molar-refractivity contribution in [2.75, 3.05) is 6.54 Å². The Kier molecular flexibility index (Phi) is 2.17. The highest BCUT2D eigenvalue weighted by Gasteiger charge is 2.26. The predicted octanol–water partition coefficient (Wildman–Crippen LogP) is 2.17. The summed E-state index contributed by atoms with van der Waals surface area (Å²) in [5.74, 6) is 1.97. The largest absolute Gasteiger partial charge is 0.314 e. The van der Waals surface area contributed by atoms with E-state index in [-0.39, 0.29) is 0 Å². The van der Waals surface area contributed by atoms with Crippen LogP contribution in [0, 0.1) is 11.8 Å². The monoisotopic (exact) mass is 153 g/mol. The Balaban J connectivity index is 2.05. The summed E-state index contributed by atoms with van der Waals surface area (Å²) < 4.78 is 0. The summed E-state index contributed by atoms with van der Waals surface area (Å²) in [5.41, 5.74) is 0. The van der Waals surface area contributed by atoms with Gasteiger partial charge in [0.2, 0.25) is 0 Å². The third-order valence-electron chi connectivity index (χ3n) is 3.57. The zero-order valence-electron chi connectivity index (χ0n) is 7.47. The van der Waals surface area contributed by atoms with Gasteiger partial charge in [0.25, 0.3) is 0 Å². The number of nitrogens with one attached hydrogen (secondary N) is 1. The fourth-order valence-electron chi connectivity index (χ4n) is 2.58. The molecule has 2 aliphatic rings. The molecule has 0 aromatic carbocycles. The lowest BCUT2D eigenvalue weighted by Crippen LogP contribution is -2.28. The summed E-state index contributed by atoms with van der Waals surface area (Å²) in [4.78, 5) is 0. The molecule has 0 aromatic rings. The lowest BCUT2D eigenvalue weighted by atomic mass is 9.84. The van der Waals surface area contributed by atoms with E-state index in [1.54, 1.807) is 0 Å². The summed E-state index contributed by atoms with van der Waals surface area (Å²) in [5, 5.41) is 3.67. The van der Waals surface area contributed by atoms with E-state index in [9.17, 15) is 0 Å². The van der Waals surface area contributed by atoms with Crippen LogP contribution in [0.4, 0.5) is 0 Å². The molecule has 0 radical (unpaired) electrons. The SMILES string of the molecule is C[C@@H]1CCC2CCCC1CN2. The fourth-order valence-corrected chi connectivity index (χ4v) is 2.58. The lowest BCUT2D eigenvalue weighted by Gasteiger charge is -2.21. The summed E-state index contributed by atoms with van der Waals surface area (Å²) in [7, 11) is 0. The second-order valence-corrected chi connectivity index (χ2v) is 4.35. The van der Waals surface area contributed by atoms with Crippen molar-refractivity contribution in [3.8, 4) is 0 Å². The normalized spacial score (nSPS) is 45.0. The smallest absolute Gasteiger partial charge is 0.00672 e. The first-order chi connectivity index (χ1) is 5.36. The molecule has 2 rings (SSSR count). The van der Waals surface area contributed by atoms with E-state index < -0.39 is 0 Å². The number of hydrogen-bond donors (Lipinski definition) is 1. The molecule has 2 bridgehead atoms. The predicted molar refractivity (Wildman–Crippen MR) is 47.5 cm³/mol. The first-order valence-electron chi connectivity index (χ1n) is 5.09. The van der Waals surface area contributed by atoms with Crippen molar-refractivity contribution in [3.05, 3.63) is 0 Å². The zero-order chi connectivity index (χ0) is 7.68. The molecule has 2 heterocycles. The molecule has 1 nitrogen and oxygen atoms in total. The Hall–Kier alpha value is -0.0400. The maximum atomic E-state index is 3.67. The quantitative estimate of drug-likeness (QED) is 0.562. The topological polar surface area (TPSA) is 12.0 Å². The molecule has 2 unspecified atom stereocenters. The van der Waals surface area contributed by atoms with Gasteiger partial charge in [-0.1, -0.05) is 13.3 Å². The van der Waals surface area contributed by atoms with Crippen LogP contribution in [0.2, 0.25) is 0 Å². The third kappa shape index (κ3) is 1.58. The average molecular weight is 153 g/mol. The average Bonchev–Trinajstić information content (AvgIpc) is 2.29. The molecular formula is C10H19N. The first kappa shape index (κ1) is 7.60. The molecule has 0 saturated carbocycles. The van der Waals surface area contributed by atoms with Crippen molar-refractivity contribution in [1.29, 1.82) is 0 Å². The Bertz CT molecular complexity index is 129. The first-order valence-corrected chi connectivity index (χ1v) is 5.09. The molecule has 2 aliphatic heterocycles. The molecule has 0 aromatic heterocycles. The van der Waals surface area contributed by atoms with Crippen LogP contribution in [-0.2, 0) is 0 Å². The standard InChI is InChI=1S/C10H19N/c1-8-5-6-10-4-2-3-9(8)7-11-10/h8-11H,2-7H2,1H3/t8-,9?,10?/m1/s1. The van der Waals surface area contributed by atoms with Crippen LogP contribution >= 0.6 is 0 Å². The van der Waals surface area contributed by atoms with E-state index in [4.69, 9.17) is 0 Å². The summed E-state index contributed by atoms with van der Waals surface area (Å²) >= 11 is 0. The van der Waals surface area contributed by atoms with Crippen molar-refractivity contribution < 1.29 is 0 Å². The van der Waals surface area contributed by atoms with Gasteiger partial charge in [0.1, 0.15) is 0 Å². The molecule has 11 heavy (non-hydrogen) atoms. The van der Waals surface area contributed by atoms with Gasteiger partial charge in [-0.25, -0.2) is 0 Å². The second-order valence-electron chi connectivity index (χ2n) is 4.35. The highest BCUT2D eigenvalue weighted by atomic mass is 14.9. The molecular weight excluding hydrogens is 134 g/mol. The minimum atomic E-state index is 0.866. The Labute approximate surface area is 69.6 Å². The number of rotatable bonds is 0. The Morgan fingerprint density at radius 3 is 2.91 bits per heavy atom. The second kappa shape index (κ2) is 3.14. The third-order valence-corrected chi connectivity index (χ3v) is 3.57. The van der Waals surface area contributed by atoms with Crippen molar-refractivity contribution >= 4 is 0 Å². The van der Waals surface area contributed by atoms with Crippen LogP contribution in [0.15, 0.2) is 0 Å².